The molecule has 0 unspecified atom stereocenters. The molecular formula is C22H17N3O7. The van der Waals surface area contributed by atoms with Crippen molar-refractivity contribution in [3.05, 3.63) is 87.2 Å². The Morgan fingerprint density at radius 1 is 1.19 bits per heavy atom. The third-order valence-corrected chi connectivity index (χ3v) is 5.05. The number of aryl methyl sites for hydroxylation is 1. The summed E-state index contributed by atoms with van der Waals surface area (Å²) in [6, 6.07) is 12.1. The molecule has 32 heavy (non-hydrogen) atoms. The monoisotopic (exact) mass is 435 g/mol. The second-order valence-corrected chi connectivity index (χ2v) is 7.05. The van der Waals surface area contributed by atoms with Gasteiger partial charge in [0.2, 0.25) is 0 Å². The van der Waals surface area contributed by atoms with Gasteiger partial charge in [0.25, 0.3) is 11.5 Å². The number of hydrogen-bond acceptors (Lipinski definition) is 8. The number of anilines is 1. The van der Waals surface area contributed by atoms with E-state index in [4.69, 9.17) is 9.26 Å². The molecule has 2 aromatic carbocycles. The quantitative estimate of drug-likeness (QED) is 0.211. The summed E-state index contributed by atoms with van der Waals surface area (Å²) in [7, 11) is 1.45. The van der Waals surface area contributed by atoms with E-state index < -0.39 is 28.4 Å². The number of aliphatic hydroxyl groups excluding tert-OH is 1. The van der Waals surface area contributed by atoms with Crippen molar-refractivity contribution >= 4 is 29.0 Å². The van der Waals surface area contributed by atoms with E-state index >= 15 is 0 Å². The van der Waals surface area contributed by atoms with Crippen LogP contribution in [-0.2, 0) is 9.59 Å². The third-order valence-electron chi connectivity index (χ3n) is 5.05. The Labute approximate surface area is 181 Å². The molecular weight excluding hydrogens is 418 g/mol. The molecule has 1 N–H and O–H groups in total. The van der Waals surface area contributed by atoms with Crippen LogP contribution in [0.2, 0.25) is 0 Å². The number of benzene rings is 2. The van der Waals surface area contributed by atoms with Gasteiger partial charge in [-0.2, -0.15) is 0 Å². The number of rotatable bonds is 5. The van der Waals surface area contributed by atoms with Gasteiger partial charge >= 0.3 is 5.91 Å². The van der Waals surface area contributed by atoms with E-state index in [1.807, 2.05) is 0 Å². The van der Waals surface area contributed by atoms with E-state index in [9.17, 15) is 24.8 Å². The predicted molar refractivity (Wildman–Crippen MR) is 112 cm³/mol. The SMILES string of the molecule is COc1cccc(/C(O)=C2\C(=O)C(=O)N(c3cc(C)on3)[C@@H]2c2cccc([N+](=O)[O-])c2)c1. The van der Waals surface area contributed by atoms with Gasteiger partial charge in [0.05, 0.1) is 23.6 Å². The molecule has 1 aromatic heterocycles. The van der Waals surface area contributed by atoms with Crippen LogP contribution in [0.3, 0.4) is 0 Å². The van der Waals surface area contributed by atoms with Crippen molar-refractivity contribution in [2.45, 2.75) is 13.0 Å². The van der Waals surface area contributed by atoms with E-state index in [0.717, 1.165) is 4.90 Å². The molecule has 0 aliphatic carbocycles. The highest BCUT2D eigenvalue weighted by atomic mass is 16.6. The van der Waals surface area contributed by atoms with Crippen molar-refractivity contribution in [3.63, 3.8) is 0 Å². The lowest BCUT2D eigenvalue weighted by Gasteiger charge is -2.22. The number of ketones is 1. The summed E-state index contributed by atoms with van der Waals surface area (Å²) in [5.74, 6) is -1.47. The molecule has 1 fully saturated rings. The summed E-state index contributed by atoms with van der Waals surface area (Å²) in [5, 5.41) is 26.2. The summed E-state index contributed by atoms with van der Waals surface area (Å²) in [5.41, 5.74) is 0.0350. The number of non-ortho nitro benzene ring substituents is 1. The fraction of sp³-hybridized carbons (Fsp3) is 0.136. The van der Waals surface area contributed by atoms with Gasteiger partial charge in [-0.15, -0.1) is 0 Å². The maximum Gasteiger partial charge on any atom is 0.301 e. The summed E-state index contributed by atoms with van der Waals surface area (Å²) < 4.78 is 10.2. The van der Waals surface area contributed by atoms with Crippen molar-refractivity contribution in [1.82, 2.24) is 5.16 Å². The molecule has 10 heteroatoms. The average molecular weight is 435 g/mol. The topological polar surface area (TPSA) is 136 Å². The summed E-state index contributed by atoms with van der Waals surface area (Å²) in [6.45, 7) is 1.62. The van der Waals surface area contributed by atoms with E-state index in [0.29, 0.717) is 11.5 Å². The van der Waals surface area contributed by atoms with Crippen molar-refractivity contribution in [2.75, 3.05) is 12.0 Å². The minimum Gasteiger partial charge on any atom is -0.507 e. The molecule has 2 heterocycles. The van der Waals surface area contributed by atoms with Crippen LogP contribution in [0.25, 0.3) is 5.76 Å². The highest BCUT2D eigenvalue weighted by Gasteiger charge is 2.48. The van der Waals surface area contributed by atoms with E-state index in [2.05, 4.69) is 5.16 Å². The number of hydrogen-bond donors (Lipinski definition) is 1. The van der Waals surface area contributed by atoms with Gasteiger partial charge in [-0.1, -0.05) is 29.4 Å². The van der Waals surface area contributed by atoms with Gasteiger partial charge < -0.3 is 14.4 Å². The number of amides is 1. The molecule has 10 nitrogen and oxygen atoms in total. The van der Waals surface area contributed by atoms with Crippen LogP contribution in [0.5, 0.6) is 5.75 Å². The predicted octanol–water partition coefficient (Wildman–Crippen LogP) is 3.53. The zero-order valence-electron chi connectivity index (χ0n) is 17.0. The first-order chi connectivity index (χ1) is 15.3. The Bertz CT molecular complexity index is 1280. The molecule has 0 saturated carbocycles. The second kappa shape index (κ2) is 7.99. The number of nitro benzene ring substituents is 1. The molecule has 1 saturated heterocycles. The first kappa shape index (κ1) is 20.8. The standard InChI is InChI=1S/C22H17N3O7/c1-12-9-17(23-32-12)24-19(13-5-3-7-15(10-13)25(29)30)18(21(27)22(24)28)20(26)14-6-4-8-16(11-14)31-2/h3-11,19,26H,1-2H3/b20-18+/t19-/m1/s1. The van der Waals surface area contributed by atoms with Crippen molar-refractivity contribution in [2.24, 2.45) is 0 Å². The lowest BCUT2D eigenvalue weighted by molar-refractivity contribution is -0.384. The Morgan fingerprint density at radius 2 is 1.94 bits per heavy atom. The number of nitro groups is 1. The Kier molecular flexibility index (Phi) is 5.19. The lowest BCUT2D eigenvalue weighted by atomic mass is 9.95. The van der Waals surface area contributed by atoms with Crippen LogP contribution in [-0.4, -0.2) is 34.0 Å². The molecule has 0 radical (unpaired) electrons. The van der Waals surface area contributed by atoms with Crippen molar-refractivity contribution in [3.8, 4) is 5.75 Å². The number of nitrogens with zero attached hydrogens (tertiary/aromatic N) is 3. The van der Waals surface area contributed by atoms with Gasteiger partial charge in [-0.25, -0.2) is 0 Å². The fourth-order valence-electron chi connectivity index (χ4n) is 3.59. The summed E-state index contributed by atoms with van der Waals surface area (Å²) >= 11 is 0. The minimum atomic E-state index is -1.16. The Morgan fingerprint density at radius 3 is 2.59 bits per heavy atom. The molecule has 1 aliphatic heterocycles. The highest BCUT2D eigenvalue weighted by Crippen LogP contribution is 2.42. The molecule has 4 rings (SSSR count). The smallest absolute Gasteiger partial charge is 0.301 e. The number of aromatic nitrogens is 1. The van der Waals surface area contributed by atoms with E-state index in [1.165, 1.54) is 43.5 Å². The van der Waals surface area contributed by atoms with Gasteiger partial charge in [-0.3, -0.25) is 24.6 Å². The molecule has 1 atom stereocenters. The molecule has 162 valence electrons. The normalized spacial score (nSPS) is 17.6. The van der Waals surface area contributed by atoms with Gasteiger partial charge in [-0.05, 0) is 24.6 Å². The zero-order valence-corrected chi connectivity index (χ0v) is 17.0. The Balaban J connectivity index is 1.96. The van der Waals surface area contributed by atoms with E-state index in [-0.39, 0.29) is 28.2 Å². The van der Waals surface area contributed by atoms with Crippen LogP contribution >= 0.6 is 0 Å². The molecule has 0 bridgehead atoms. The first-order valence-electron chi connectivity index (χ1n) is 9.45. The lowest BCUT2D eigenvalue weighted by Crippen LogP contribution is -2.29. The maximum atomic E-state index is 13.0. The molecule has 3 aromatic rings. The fourth-order valence-corrected chi connectivity index (χ4v) is 3.59. The van der Waals surface area contributed by atoms with Crippen molar-refractivity contribution < 1.29 is 28.9 Å². The molecule has 1 amide bonds. The first-order valence-corrected chi connectivity index (χ1v) is 9.45. The van der Waals surface area contributed by atoms with Crippen LogP contribution in [0.1, 0.15) is 22.9 Å². The van der Waals surface area contributed by atoms with Gasteiger partial charge in [0.15, 0.2) is 5.82 Å². The largest absolute Gasteiger partial charge is 0.507 e. The number of methoxy groups -OCH3 is 1. The third kappa shape index (κ3) is 3.47. The number of carbonyl (C=O) groups is 2. The summed E-state index contributed by atoms with van der Waals surface area (Å²) in [6.07, 6.45) is 0. The Hall–Kier alpha value is -4.47. The number of Topliss-reactive ketones (excluding diaryl/α,β-unsaturated/α-hetero) is 1. The van der Waals surface area contributed by atoms with Gasteiger partial charge in [0, 0.05) is 23.8 Å². The average Bonchev–Trinajstić information content (AvgIpc) is 3.34. The van der Waals surface area contributed by atoms with Crippen molar-refractivity contribution in [1.29, 1.82) is 0 Å². The highest BCUT2D eigenvalue weighted by molar-refractivity contribution is 6.51. The minimum absolute atomic E-state index is 0.0470. The van der Waals surface area contributed by atoms with Crippen LogP contribution in [0.4, 0.5) is 11.5 Å². The van der Waals surface area contributed by atoms with Crippen LogP contribution in [0, 0.1) is 17.0 Å². The number of carbonyl (C=O) groups excluding carboxylic acids is 2. The van der Waals surface area contributed by atoms with E-state index in [1.54, 1.807) is 25.1 Å². The number of aliphatic hydroxyl groups is 1. The van der Waals surface area contributed by atoms with Crippen LogP contribution in [0.15, 0.2) is 64.7 Å². The zero-order chi connectivity index (χ0) is 23.0. The molecule has 0 spiro atoms. The van der Waals surface area contributed by atoms with Crippen LogP contribution < -0.4 is 9.64 Å². The maximum absolute atomic E-state index is 13.0. The number of ether oxygens (including phenoxy) is 1. The van der Waals surface area contributed by atoms with Gasteiger partial charge in [0.1, 0.15) is 17.3 Å². The molecule has 1 aliphatic rings. The summed E-state index contributed by atoms with van der Waals surface area (Å²) in [4.78, 5) is 37.8. The second-order valence-electron chi connectivity index (χ2n) is 7.05.